The number of fused-ring (bicyclic) bond motifs is 4. The molecule has 4 aliphatic rings. The maximum absolute atomic E-state index is 6.81. The number of rotatable bonds is 4. The minimum Gasteiger partial charge on any atom is -0.458 e. The third-order valence-electron chi connectivity index (χ3n) is 12.5. The van der Waals surface area contributed by atoms with Gasteiger partial charge in [-0.3, -0.25) is 0 Å². The van der Waals surface area contributed by atoms with Crippen molar-refractivity contribution in [1.82, 2.24) is 0 Å². The Morgan fingerprint density at radius 1 is 0.382 bits per heavy atom. The molecule has 1 spiro atoms. The number of ether oxygens (including phenoxy) is 2. The van der Waals surface area contributed by atoms with Crippen LogP contribution in [0.5, 0.6) is 23.0 Å². The molecule has 3 nitrogen and oxygen atoms in total. The van der Waals surface area contributed by atoms with Crippen LogP contribution in [0, 0.1) is 0 Å². The average Bonchev–Trinajstić information content (AvgIpc) is 3.55. The molecule has 0 saturated heterocycles. The van der Waals surface area contributed by atoms with Crippen molar-refractivity contribution < 1.29 is 9.47 Å². The molecule has 0 saturated carbocycles. The summed E-state index contributed by atoms with van der Waals surface area (Å²) in [5.74, 6) is 3.61. The molecule has 254 valence electrons. The molecule has 55 heavy (non-hydrogen) atoms. The van der Waals surface area contributed by atoms with Gasteiger partial charge in [0.05, 0.1) is 5.41 Å². The molecule has 0 unspecified atom stereocenters. The van der Waals surface area contributed by atoms with Gasteiger partial charge in [-0.25, -0.2) is 0 Å². The van der Waals surface area contributed by atoms with E-state index in [4.69, 9.17) is 9.47 Å². The molecular formula is C51H30BNO2. The Bertz CT molecular complexity index is 2990. The van der Waals surface area contributed by atoms with E-state index >= 15 is 0 Å². The molecule has 0 fully saturated rings. The molecule has 0 bridgehead atoms. The highest BCUT2D eigenvalue weighted by atomic mass is 16.5. The standard InChI is InChI=1S/C51H30BNO2/c1-3-12-34(13-4-1)53(35-14-5-2-6-15-35)36-28-25-31(26-29-36)37-30-27-33-24-23-32-11-7-16-38-45(32)46(33)47(37)51(38)39-17-8-19-41-48(39)52-49-40(51)18-9-20-42(49)55-44-22-10-21-43(54-41)50(44)52/h1-30H. The summed E-state index contributed by atoms with van der Waals surface area (Å²) in [5.41, 5.74) is 14.0. The van der Waals surface area contributed by atoms with Gasteiger partial charge in [-0.15, -0.1) is 0 Å². The maximum atomic E-state index is 6.81. The second-order valence-corrected chi connectivity index (χ2v) is 15.1. The largest absolute Gasteiger partial charge is 0.458 e. The summed E-state index contributed by atoms with van der Waals surface area (Å²) in [6, 6.07) is 66.2. The molecule has 3 heterocycles. The Morgan fingerprint density at radius 2 is 0.873 bits per heavy atom. The summed E-state index contributed by atoms with van der Waals surface area (Å²) in [5, 5.41) is 5.17. The van der Waals surface area contributed by atoms with Crippen LogP contribution in [0.4, 0.5) is 17.1 Å². The van der Waals surface area contributed by atoms with Crippen LogP contribution >= 0.6 is 0 Å². The van der Waals surface area contributed by atoms with Crippen LogP contribution in [0.1, 0.15) is 22.3 Å². The lowest BCUT2D eigenvalue weighted by Gasteiger charge is -2.47. The highest BCUT2D eigenvalue weighted by Gasteiger charge is 2.57. The van der Waals surface area contributed by atoms with Crippen LogP contribution < -0.4 is 30.8 Å². The molecule has 1 aliphatic carbocycles. The van der Waals surface area contributed by atoms with Crippen molar-refractivity contribution in [2.75, 3.05) is 4.90 Å². The maximum Gasteiger partial charge on any atom is 0.261 e. The normalized spacial score (nSPS) is 14.2. The highest BCUT2D eigenvalue weighted by Crippen LogP contribution is 2.60. The zero-order chi connectivity index (χ0) is 35.8. The quantitative estimate of drug-likeness (QED) is 0.135. The first-order chi connectivity index (χ1) is 27.3. The van der Waals surface area contributed by atoms with E-state index < -0.39 is 5.41 Å². The van der Waals surface area contributed by atoms with Crippen molar-refractivity contribution in [2.45, 2.75) is 5.41 Å². The van der Waals surface area contributed by atoms with Crippen LogP contribution in [-0.2, 0) is 5.41 Å². The van der Waals surface area contributed by atoms with Gasteiger partial charge in [-0.2, -0.15) is 0 Å². The van der Waals surface area contributed by atoms with Crippen molar-refractivity contribution in [3.8, 4) is 34.1 Å². The summed E-state index contributed by atoms with van der Waals surface area (Å²) in [6.07, 6.45) is 0. The van der Waals surface area contributed by atoms with Crippen molar-refractivity contribution in [3.63, 3.8) is 0 Å². The van der Waals surface area contributed by atoms with Crippen LogP contribution in [-0.4, -0.2) is 6.71 Å². The summed E-state index contributed by atoms with van der Waals surface area (Å²) >= 11 is 0. The lowest BCUT2D eigenvalue weighted by Crippen LogP contribution is -2.65. The van der Waals surface area contributed by atoms with Crippen LogP contribution in [0.2, 0.25) is 0 Å². The SMILES string of the molecule is c1ccc(N(c2ccccc2)c2ccc(-c3ccc4ccc5cccc6c5c4c3C63c4cccc5c4B4c6c(cccc6Oc6cccc3c64)O5)cc2)cc1. The Morgan fingerprint density at radius 3 is 1.49 bits per heavy atom. The van der Waals surface area contributed by atoms with Gasteiger partial charge in [0.15, 0.2) is 0 Å². The first kappa shape index (κ1) is 29.4. The van der Waals surface area contributed by atoms with E-state index in [1.165, 1.54) is 65.9 Å². The van der Waals surface area contributed by atoms with E-state index in [9.17, 15) is 0 Å². The second kappa shape index (κ2) is 10.6. The van der Waals surface area contributed by atoms with Gasteiger partial charge in [-0.1, -0.05) is 121 Å². The van der Waals surface area contributed by atoms with Crippen molar-refractivity contribution in [2.24, 2.45) is 0 Å². The van der Waals surface area contributed by atoms with Crippen LogP contribution in [0.25, 0.3) is 32.7 Å². The third-order valence-corrected chi connectivity index (χ3v) is 12.5. The number of hydrogen-bond acceptors (Lipinski definition) is 3. The van der Waals surface area contributed by atoms with Crippen LogP contribution in [0.3, 0.4) is 0 Å². The van der Waals surface area contributed by atoms with E-state index in [1.54, 1.807) is 0 Å². The molecule has 3 aliphatic heterocycles. The molecule has 0 atom stereocenters. The molecule has 0 aromatic heterocycles. The summed E-state index contributed by atoms with van der Waals surface area (Å²) in [7, 11) is 0. The Balaban J connectivity index is 1.11. The smallest absolute Gasteiger partial charge is 0.261 e. The van der Waals surface area contributed by atoms with Gasteiger partial charge >= 0.3 is 0 Å². The Hall–Kier alpha value is -7.04. The van der Waals surface area contributed by atoms with Gasteiger partial charge in [-0.05, 0) is 127 Å². The van der Waals surface area contributed by atoms with Gasteiger partial charge in [0.25, 0.3) is 6.71 Å². The van der Waals surface area contributed by atoms with Gasteiger partial charge in [0, 0.05) is 22.5 Å². The molecule has 0 N–H and O–H groups in total. The highest BCUT2D eigenvalue weighted by molar-refractivity contribution is 6.99. The fraction of sp³-hybridized carbons (Fsp3) is 0.0196. The Labute approximate surface area is 318 Å². The van der Waals surface area contributed by atoms with Crippen molar-refractivity contribution >= 4 is 61.7 Å². The van der Waals surface area contributed by atoms with Gasteiger partial charge in [0.1, 0.15) is 23.0 Å². The zero-order valence-corrected chi connectivity index (χ0v) is 29.7. The van der Waals surface area contributed by atoms with Gasteiger partial charge < -0.3 is 14.4 Å². The summed E-state index contributed by atoms with van der Waals surface area (Å²) < 4.78 is 13.6. The van der Waals surface area contributed by atoms with E-state index in [0.717, 1.165) is 45.5 Å². The van der Waals surface area contributed by atoms with E-state index in [0.29, 0.717) is 0 Å². The van der Waals surface area contributed by atoms with Crippen molar-refractivity contribution in [1.29, 1.82) is 0 Å². The zero-order valence-electron chi connectivity index (χ0n) is 29.7. The summed E-state index contributed by atoms with van der Waals surface area (Å²) in [4.78, 5) is 2.32. The summed E-state index contributed by atoms with van der Waals surface area (Å²) in [6.45, 7) is 0.0172. The van der Waals surface area contributed by atoms with E-state index in [-0.39, 0.29) is 6.71 Å². The van der Waals surface area contributed by atoms with E-state index in [1.807, 2.05) is 6.07 Å². The first-order valence-electron chi connectivity index (χ1n) is 19.0. The number of anilines is 3. The fourth-order valence-electron chi connectivity index (χ4n) is 10.5. The fourth-order valence-corrected chi connectivity index (χ4v) is 10.5. The number of benzene rings is 9. The monoisotopic (exact) mass is 699 g/mol. The number of hydrogen-bond donors (Lipinski definition) is 0. The molecule has 9 aromatic rings. The molecular weight excluding hydrogens is 669 g/mol. The number of para-hydroxylation sites is 2. The number of nitrogens with zero attached hydrogens (tertiary/aromatic N) is 1. The molecule has 0 radical (unpaired) electrons. The van der Waals surface area contributed by atoms with Crippen molar-refractivity contribution in [3.05, 3.63) is 204 Å². The molecule has 0 amide bonds. The first-order valence-corrected chi connectivity index (χ1v) is 19.0. The third kappa shape index (κ3) is 3.66. The predicted molar refractivity (Wildman–Crippen MR) is 225 cm³/mol. The Kier molecular flexibility index (Phi) is 5.65. The lowest BCUT2D eigenvalue weighted by atomic mass is 9.29. The van der Waals surface area contributed by atoms with Gasteiger partial charge in [0.2, 0.25) is 0 Å². The predicted octanol–water partition coefficient (Wildman–Crippen LogP) is 10.9. The average molecular weight is 700 g/mol. The van der Waals surface area contributed by atoms with Crippen LogP contribution in [0.15, 0.2) is 182 Å². The lowest BCUT2D eigenvalue weighted by molar-refractivity contribution is 0.461. The second-order valence-electron chi connectivity index (χ2n) is 15.1. The minimum absolute atomic E-state index is 0.0172. The molecule has 13 rings (SSSR count). The molecule has 4 heteroatoms. The molecule has 9 aromatic carbocycles. The van der Waals surface area contributed by atoms with E-state index in [2.05, 4.69) is 181 Å². The minimum atomic E-state index is -0.611. The topological polar surface area (TPSA) is 21.7 Å².